The fourth-order valence-corrected chi connectivity index (χ4v) is 4.18. The van der Waals surface area contributed by atoms with E-state index < -0.39 is 5.97 Å². The minimum atomic E-state index is -0.471. The number of hydrogen-bond donors (Lipinski definition) is 0. The average Bonchev–Trinajstić information content (AvgIpc) is 2.75. The maximum absolute atomic E-state index is 13.6. The molecule has 0 saturated heterocycles. The molecule has 0 amide bonds. The first-order valence-corrected chi connectivity index (χ1v) is 9.86. The van der Waals surface area contributed by atoms with Crippen molar-refractivity contribution in [3.8, 4) is 5.75 Å². The topological polar surface area (TPSA) is 60.4 Å². The fraction of sp³-hybridized carbons (Fsp3) is 0.115. The normalized spacial score (nSPS) is 15.0. The van der Waals surface area contributed by atoms with Crippen molar-refractivity contribution < 1.29 is 19.1 Å². The summed E-state index contributed by atoms with van der Waals surface area (Å²) in [4.78, 5) is 39.5. The van der Waals surface area contributed by atoms with E-state index in [1.807, 2.05) is 50.2 Å². The van der Waals surface area contributed by atoms with Gasteiger partial charge in [0.1, 0.15) is 11.3 Å². The number of allylic oxidation sites excluding steroid dienone is 2. The molecule has 30 heavy (non-hydrogen) atoms. The molecule has 0 aromatic heterocycles. The first kappa shape index (κ1) is 18.3. The lowest BCUT2D eigenvalue weighted by Gasteiger charge is -2.28. The van der Waals surface area contributed by atoms with Crippen LogP contribution in [0, 0.1) is 0 Å². The van der Waals surface area contributed by atoms with E-state index in [4.69, 9.17) is 4.74 Å². The van der Waals surface area contributed by atoms with Crippen LogP contribution in [0.5, 0.6) is 5.75 Å². The highest BCUT2D eigenvalue weighted by atomic mass is 16.6. The summed E-state index contributed by atoms with van der Waals surface area (Å²) in [6.45, 7) is 4.03. The molecule has 0 radical (unpaired) electrons. The van der Waals surface area contributed by atoms with E-state index in [0.717, 1.165) is 5.56 Å². The van der Waals surface area contributed by atoms with Gasteiger partial charge < -0.3 is 4.74 Å². The number of benzene rings is 3. The molecular formula is C26H18O4. The minimum absolute atomic E-state index is 0.160. The van der Waals surface area contributed by atoms with Crippen molar-refractivity contribution in [1.29, 1.82) is 0 Å². The van der Waals surface area contributed by atoms with Gasteiger partial charge in [-0.05, 0) is 17.0 Å². The van der Waals surface area contributed by atoms with Crippen LogP contribution < -0.4 is 4.74 Å². The number of hydrogen-bond acceptors (Lipinski definition) is 4. The molecule has 3 aromatic rings. The lowest BCUT2D eigenvalue weighted by Crippen LogP contribution is -2.28. The molecule has 3 aromatic carbocycles. The minimum Gasteiger partial charge on any atom is -0.422 e. The highest BCUT2D eigenvalue weighted by molar-refractivity contribution is 6.52. The molecule has 0 saturated carbocycles. The zero-order valence-electron chi connectivity index (χ0n) is 16.6. The standard InChI is InChI=1S/C26H18O4/c1-14(2)16-12-13-19(22-25(16)30-26(22)29)21-20(15-8-4-3-5-9-15)23(27)17-10-6-7-11-18(17)24(21)28/h3-14H,1-2H3. The third-order valence-electron chi connectivity index (χ3n) is 5.66. The van der Waals surface area contributed by atoms with Crippen LogP contribution >= 0.6 is 0 Å². The predicted octanol–water partition coefficient (Wildman–Crippen LogP) is 5.33. The van der Waals surface area contributed by atoms with Crippen LogP contribution in [-0.2, 0) is 0 Å². The van der Waals surface area contributed by atoms with Gasteiger partial charge in [0.15, 0.2) is 11.6 Å². The summed E-state index contributed by atoms with van der Waals surface area (Å²) in [6.07, 6.45) is 0. The molecule has 1 heterocycles. The second kappa shape index (κ2) is 6.63. The zero-order valence-corrected chi connectivity index (χ0v) is 16.6. The van der Waals surface area contributed by atoms with Crippen molar-refractivity contribution in [2.45, 2.75) is 19.8 Å². The molecule has 0 bridgehead atoms. The van der Waals surface area contributed by atoms with E-state index in [1.54, 1.807) is 30.3 Å². The van der Waals surface area contributed by atoms with E-state index in [0.29, 0.717) is 39.1 Å². The van der Waals surface area contributed by atoms with E-state index in [-0.39, 0.29) is 23.1 Å². The Morgan fingerprint density at radius 2 is 1.27 bits per heavy atom. The maximum atomic E-state index is 13.6. The fourth-order valence-electron chi connectivity index (χ4n) is 4.18. The smallest absolute Gasteiger partial charge is 0.348 e. The number of carbonyl (C=O) groups is 3. The van der Waals surface area contributed by atoms with Crippen LogP contribution in [0.15, 0.2) is 66.7 Å². The Bertz CT molecular complexity index is 1280. The van der Waals surface area contributed by atoms with Crippen LogP contribution in [0.25, 0.3) is 11.1 Å². The van der Waals surface area contributed by atoms with Gasteiger partial charge in [-0.1, -0.05) is 80.6 Å². The Hall–Kier alpha value is -3.79. The maximum Gasteiger partial charge on any atom is 0.348 e. The van der Waals surface area contributed by atoms with E-state index in [1.165, 1.54) is 0 Å². The molecule has 0 N–H and O–H groups in total. The molecule has 1 aliphatic carbocycles. The molecule has 146 valence electrons. The van der Waals surface area contributed by atoms with Gasteiger partial charge in [-0.3, -0.25) is 9.59 Å². The molecule has 2 aliphatic rings. The Morgan fingerprint density at radius 1 is 0.667 bits per heavy atom. The molecule has 5 rings (SSSR count). The van der Waals surface area contributed by atoms with E-state index >= 15 is 0 Å². The lowest BCUT2D eigenvalue weighted by atomic mass is 9.76. The van der Waals surface area contributed by atoms with Gasteiger partial charge in [0.25, 0.3) is 0 Å². The summed E-state index contributed by atoms with van der Waals surface area (Å²) in [6, 6.07) is 19.6. The van der Waals surface area contributed by atoms with Gasteiger partial charge in [0, 0.05) is 27.8 Å². The number of fused-ring (bicyclic) bond motifs is 2. The van der Waals surface area contributed by atoms with Gasteiger partial charge in [-0.2, -0.15) is 0 Å². The van der Waals surface area contributed by atoms with Crippen LogP contribution in [0.3, 0.4) is 0 Å². The predicted molar refractivity (Wildman–Crippen MR) is 114 cm³/mol. The number of Topliss-reactive ketones (excluding diaryl/α,β-unsaturated/α-hetero) is 2. The van der Waals surface area contributed by atoms with E-state index in [2.05, 4.69) is 0 Å². The second-order valence-corrected chi connectivity index (χ2v) is 7.77. The van der Waals surface area contributed by atoms with Crippen molar-refractivity contribution in [3.63, 3.8) is 0 Å². The second-order valence-electron chi connectivity index (χ2n) is 7.77. The van der Waals surface area contributed by atoms with Crippen LogP contribution in [-0.4, -0.2) is 17.5 Å². The number of rotatable bonds is 3. The number of carbonyl (C=O) groups excluding carboxylic acids is 3. The van der Waals surface area contributed by atoms with Crippen molar-refractivity contribution in [2.75, 3.05) is 0 Å². The van der Waals surface area contributed by atoms with Gasteiger partial charge in [-0.15, -0.1) is 0 Å². The molecule has 0 fully saturated rings. The Labute approximate surface area is 173 Å². The van der Waals surface area contributed by atoms with Crippen molar-refractivity contribution >= 4 is 28.7 Å². The average molecular weight is 394 g/mol. The number of esters is 1. The first-order valence-electron chi connectivity index (χ1n) is 9.86. The SMILES string of the molecule is CC(C)c1ccc(C2=C(c3ccccc3)C(=O)c3ccccc3C2=O)c2c1OC2=O. The largest absolute Gasteiger partial charge is 0.422 e. The van der Waals surface area contributed by atoms with Crippen molar-refractivity contribution in [1.82, 2.24) is 0 Å². The third kappa shape index (κ3) is 2.50. The summed E-state index contributed by atoms with van der Waals surface area (Å²) in [5.41, 5.74) is 3.70. The van der Waals surface area contributed by atoms with E-state index in [9.17, 15) is 14.4 Å². The summed E-state index contributed by atoms with van der Waals surface area (Å²) < 4.78 is 5.32. The molecule has 0 atom stereocenters. The lowest BCUT2D eigenvalue weighted by molar-refractivity contribution is 0.0654. The van der Waals surface area contributed by atoms with Gasteiger partial charge in [0.2, 0.25) is 0 Å². The summed E-state index contributed by atoms with van der Waals surface area (Å²) in [7, 11) is 0. The Balaban J connectivity index is 1.85. The monoisotopic (exact) mass is 394 g/mol. The van der Waals surface area contributed by atoms with Gasteiger partial charge in [0.05, 0.1) is 0 Å². The van der Waals surface area contributed by atoms with Crippen LogP contribution in [0.1, 0.15) is 67.5 Å². The van der Waals surface area contributed by atoms with Crippen LogP contribution in [0.2, 0.25) is 0 Å². The first-order chi connectivity index (χ1) is 14.5. The van der Waals surface area contributed by atoms with Gasteiger partial charge >= 0.3 is 5.97 Å². The van der Waals surface area contributed by atoms with Gasteiger partial charge in [-0.25, -0.2) is 4.79 Å². The Morgan fingerprint density at radius 3 is 1.87 bits per heavy atom. The zero-order chi connectivity index (χ0) is 21.0. The van der Waals surface area contributed by atoms with Crippen molar-refractivity contribution in [2.24, 2.45) is 0 Å². The molecule has 4 heteroatoms. The molecule has 0 spiro atoms. The van der Waals surface area contributed by atoms with Crippen LogP contribution in [0.4, 0.5) is 0 Å². The van der Waals surface area contributed by atoms with Crippen molar-refractivity contribution in [3.05, 3.63) is 100 Å². The molecule has 0 unspecified atom stereocenters. The number of ether oxygens (including phenoxy) is 1. The highest BCUT2D eigenvalue weighted by Crippen LogP contribution is 2.45. The summed E-state index contributed by atoms with van der Waals surface area (Å²) in [5, 5.41) is 0. The Kier molecular flexibility index (Phi) is 4.03. The highest BCUT2D eigenvalue weighted by Gasteiger charge is 2.40. The molecular weight excluding hydrogens is 376 g/mol. The quantitative estimate of drug-likeness (QED) is 0.563. The third-order valence-corrected chi connectivity index (χ3v) is 5.66. The summed E-state index contributed by atoms with van der Waals surface area (Å²) in [5.74, 6) is -0.287. The molecule has 1 aliphatic heterocycles. The number of ketones is 2. The summed E-state index contributed by atoms with van der Waals surface area (Å²) >= 11 is 0. The molecule has 4 nitrogen and oxygen atoms in total.